The molecular weight excluding hydrogens is 238 g/mol. The summed E-state index contributed by atoms with van der Waals surface area (Å²) >= 11 is 0. The number of nitrogens with zero attached hydrogens (tertiary/aromatic N) is 2. The van der Waals surface area contributed by atoms with Crippen LogP contribution in [0.15, 0.2) is 24.3 Å². The lowest BCUT2D eigenvalue weighted by Gasteiger charge is -2.38. The molecule has 1 fully saturated rings. The topological polar surface area (TPSA) is 52.7 Å². The molecule has 4 heteroatoms. The summed E-state index contributed by atoms with van der Waals surface area (Å²) in [6.45, 7) is 9.06. The molecule has 2 rings (SSSR count). The first kappa shape index (κ1) is 14.3. The van der Waals surface area contributed by atoms with Gasteiger partial charge in [0.1, 0.15) is 0 Å². The molecule has 0 amide bonds. The fraction of sp³-hybridized carbons (Fsp3) is 0.600. The van der Waals surface area contributed by atoms with E-state index >= 15 is 0 Å². The van der Waals surface area contributed by atoms with Gasteiger partial charge in [-0.05, 0) is 31.5 Å². The summed E-state index contributed by atoms with van der Waals surface area (Å²) in [6, 6.07) is 8.45. The van der Waals surface area contributed by atoms with Crippen molar-refractivity contribution in [2.24, 2.45) is 5.73 Å². The number of piperazine rings is 1. The highest BCUT2D eigenvalue weighted by atomic mass is 16.3. The Morgan fingerprint density at radius 1 is 1.21 bits per heavy atom. The Balaban J connectivity index is 1.92. The van der Waals surface area contributed by atoms with Crippen molar-refractivity contribution in [3.8, 4) is 0 Å². The summed E-state index contributed by atoms with van der Waals surface area (Å²) < 4.78 is 0. The van der Waals surface area contributed by atoms with E-state index < -0.39 is 5.60 Å². The van der Waals surface area contributed by atoms with Crippen LogP contribution in [0.1, 0.15) is 19.4 Å². The van der Waals surface area contributed by atoms with Crippen molar-refractivity contribution in [1.82, 2.24) is 4.90 Å². The number of anilines is 1. The minimum Gasteiger partial charge on any atom is -0.389 e. The SMILES string of the molecule is CC(C)(O)CN1CCN(c2cccc(CN)c2)CC1. The van der Waals surface area contributed by atoms with Gasteiger partial charge in [0.25, 0.3) is 0 Å². The fourth-order valence-corrected chi connectivity index (χ4v) is 2.59. The van der Waals surface area contributed by atoms with E-state index in [1.165, 1.54) is 11.3 Å². The Morgan fingerprint density at radius 3 is 2.47 bits per heavy atom. The van der Waals surface area contributed by atoms with Crippen molar-refractivity contribution < 1.29 is 5.11 Å². The van der Waals surface area contributed by atoms with Crippen LogP contribution in [0.4, 0.5) is 5.69 Å². The third kappa shape index (κ3) is 4.20. The van der Waals surface area contributed by atoms with Gasteiger partial charge in [0, 0.05) is 45.0 Å². The van der Waals surface area contributed by atoms with Gasteiger partial charge in [-0.3, -0.25) is 4.90 Å². The molecule has 1 aliphatic heterocycles. The molecule has 4 nitrogen and oxygen atoms in total. The van der Waals surface area contributed by atoms with Crippen molar-refractivity contribution in [3.63, 3.8) is 0 Å². The molecule has 1 aromatic carbocycles. The van der Waals surface area contributed by atoms with Gasteiger partial charge in [0.2, 0.25) is 0 Å². The van der Waals surface area contributed by atoms with Gasteiger partial charge in [0.15, 0.2) is 0 Å². The summed E-state index contributed by atoms with van der Waals surface area (Å²) in [5.41, 5.74) is 7.51. The van der Waals surface area contributed by atoms with E-state index in [0.717, 1.165) is 32.7 Å². The largest absolute Gasteiger partial charge is 0.389 e. The molecule has 0 unspecified atom stereocenters. The normalized spacial score (nSPS) is 17.8. The average molecular weight is 263 g/mol. The fourth-order valence-electron chi connectivity index (χ4n) is 2.59. The minimum absolute atomic E-state index is 0.590. The summed E-state index contributed by atoms with van der Waals surface area (Å²) in [5, 5.41) is 9.85. The van der Waals surface area contributed by atoms with Crippen molar-refractivity contribution in [2.75, 3.05) is 37.6 Å². The van der Waals surface area contributed by atoms with Crippen LogP contribution in [-0.4, -0.2) is 48.3 Å². The molecule has 1 aromatic rings. The average Bonchev–Trinajstić information content (AvgIpc) is 2.38. The summed E-state index contributed by atoms with van der Waals surface area (Å²) in [5.74, 6) is 0. The molecule has 0 atom stereocenters. The smallest absolute Gasteiger partial charge is 0.0718 e. The molecule has 106 valence electrons. The Morgan fingerprint density at radius 2 is 1.89 bits per heavy atom. The van der Waals surface area contributed by atoms with E-state index in [-0.39, 0.29) is 0 Å². The molecule has 19 heavy (non-hydrogen) atoms. The van der Waals surface area contributed by atoms with Crippen molar-refractivity contribution in [1.29, 1.82) is 0 Å². The van der Waals surface area contributed by atoms with E-state index in [0.29, 0.717) is 6.54 Å². The maximum absolute atomic E-state index is 9.85. The maximum Gasteiger partial charge on any atom is 0.0718 e. The van der Waals surface area contributed by atoms with Gasteiger partial charge in [-0.25, -0.2) is 0 Å². The number of hydrogen-bond donors (Lipinski definition) is 2. The lowest BCUT2D eigenvalue weighted by Crippen LogP contribution is -2.50. The van der Waals surface area contributed by atoms with Crippen LogP contribution in [0.5, 0.6) is 0 Å². The summed E-state index contributed by atoms with van der Waals surface area (Å²) in [4.78, 5) is 4.71. The molecule has 0 aliphatic carbocycles. The van der Waals surface area contributed by atoms with Gasteiger partial charge in [-0.15, -0.1) is 0 Å². The predicted octanol–water partition coefficient (Wildman–Crippen LogP) is 1.04. The highest BCUT2D eigenvalue weighted by Crippen LogP contribution is 2.18. The Hall–Kier alpha value is -1.10. The van der Waals surface area contributed by atoms with Crippen LogP contribution in [-0.2, 0) is 6.54 Å². The lowest BCUT2D eigenvalue weighted by molar-refractivity contribution is 0.0345. The van der Waals surface area contributed by atoms with E-state index in [1.54, 1.807) is 0 Å². The zero-order chi connectivity index (χ0) is 13.9. The molecule has 0 aromatic heterocycles. The number of hydrogen-bond acceptors (Lipinski definition) is 4. The van der Waals surface area contributed by atoms with E-state index in [9.17, 15) is 5.11 Å². The molecular formula is C15H25N3O. The molecule has 1 saturated heterocycles. The monoisotopic (exact) mass is 263 g/mol. The van der Waals surface area contributed by atoms with Crippen LogP contribution in [0.2, 0.25) is 0 Å². The standard InChI is InChI=1S/C15H25N3O/c1-15(2,19)12-17-6-8-18(9-7-17)14-5-3-4-13(10-14)11-16/h3-5,10,19H,6-9,11-12,16H2,1-2H3. The Labute approximate surface area is 115 Å². The second kappa shape index (κ2) is 5.90. The van der Waals surface area contributed by atoms with Crippen LogP contribution in [0.25, 0.3) is 0 Å². The van der Waals surface area contributed by atoms with E-state index in [4.69, 9.17) is 5.73 Å². The second-order valence-electron chi connectivity index (χ2n) is 5.95. The van der Waals surface area contributed by atoms with Crippen molar-refractivity contribution in [2.45, 2.75) is 26.0 Å². The molecule has 1 heterocycles. The van der Waals surface area contributed by atoms with Crippen LogP contribution in [0.3, 0.4) is 0 Å². The van der Waals surface area contributed by atoms with Crippen LogP contribution < -0.4 is 10.6 Å². The highest BCUT2D eigenvalue weighted by molar-refractivity contribution is 5.49. The van der Waals surface area contributed by atoms with Gasteiger partial charge < -0.3 is 15.7 Å². The maximum atomic E-state index is 9.85. The lowest BCUT2D eigenvalue weighted by atomic mass is 10.1. The second-order valence-corrected chi connectivity index (χ2v) is 5.95. The summed E-state index contributed by atoms with van der Waals surface area (Å²) in [6.07, 6.45) is 0. The van der Waals surface area contributed by atoms with Gasteiger partial charge in [0.05, 0.1) is 5.60 Å². The Bertz CT molecular complexity index is 406. The molecule has 0 saturated carbocycles. The zero-order valence-corrected chi connectivity index (χ0v) is 12.0. The number of benzene rings is 1. The molecule has 0 spiro atoms. The molecule has 0 bridgehead atoms. The van der Waals surface area contributed by atoms with Crippen molar-refractivity contribution in [3.05, 3.63) is 29.8 Å². The van der Waals surface area contributed by atoms with Gasteiger partial charge in [-0.2, -0.15) is 0 Å². The van der Waals surface area contributed by atoms with Crippen LogP contribution >= 0.6 is 0 Å². The van der Waals surface area contributed by atoms with Gasteiger partial charge in [-0.1, -0.05) is 12.1 Å². The first-order valence-electron chi connectivity index (χ1n) is 6.97. The number of nitrogens with two attached hydrogens (primary N) is 1. The first-order valence-corrected chi connectivity index (χ1v) is 6.97. The third-order valence-corrected chi connectivity index (χ3v) is 3.49. The first-order chi connectivity index (χ1) is 8.98. The van der Waals surface area contributed by atoms with Crippen LogP contribution in [0, 0.1) is 0 Å². The van der Waals surface area contributed by atoms with Crippen molar-refractivity contribution >= 4 is 5.69 Å². The summed E-state index contributed by atoms with van der Waals surface area (Å²) in [7, 11) is 0. The highest BCUT2D eigenvalue weighted by Gasteiger charge is 2.22. The number of aliphatic hydroxyl groups is 1. The molecule has 3 N–H and O–H groups in total. The number of rotatable bonds is 4. The molecule has 1 aliphatic rings. The van der Waals surface area contributed by atoms with E-state index in [1.807, 2.05) is 13.8 Å². The van der Waals surface area contributed by atoms with Gasteiger partial charge >= 0.3 is 0 Å². The zero-order valence-electron chi connectivity index (χ0n) is 12.0. The van der Waals surface area contributed by atoms with E-state index in [2.05, 4.69) is 34.1 Å². The molecule has 0 radical (unpaired) electrons. The predicted molar refractivity (Wildman–Crippen MR) is 79.3 cm³/mol. The Kier molecular flexibility index (Phi) is 4.45. The number of β-amino-alcohol motifs (C(OH)–C–C–N with tert-alkyl or cyclic N) is 1. The third-order valence-electron chi connectivity index (χ3n) is 3.49. The quantitative estimate of drug-likeness (QED) is 0.852. The minimum atomic E-state index is -0.609.